The van der Waals surface area contributed by atoms with Crippen molar-refractivity contribution < 1.29 is 4.79 Å². The fraction of sp³-hybridized carbons (Fsp3) is 0.812. The maximum absolute atomic E-state index is 11.7. The van der Waals surface area contributed by atoms with Gasteiger partial charge in [0.25, 0.3) is 0 Å². The molecule has 0 aromatic heterocycles. The summed E-state index contributed by atoms with van der Waals surface area (Å²) in [5, 5.41) is 0. The van der Waals surface area contributed by atoms with Crippen molar-refractivity contribution in [3.8, 4) is 0 Å². The lowest BCUT2D eigenvalue weighted by Crippen LogP contribution is -2.00. The molecule has 0 spiro atoms. The summed E-state index contributed by atoms with van der Waals surface area (Å²) in [6.45, 7) is 11.0. The fourth-order valence-electron chi connectivity index (χ4n) is 1.84. The van der Waals surface area contributed by atoms with Crippen LogP contribution in [0.2, 0.25) is 0 Å². The molecule has 0 rings (SSSR count). The second-order valence-corrected chi connectivity index (χ2v) is 6.02. The molecule has 0 radical (unpaired) electrons. The summed E-state index contributed by atoms with van der Waals surface area (Å²) in [6.07, 6.45) is 8.21. The van der Waals surface area contributed by atoms with E-state index in [0.717, 1.165) is 25.2 Å². The zero-order chi connectivity index (χ0) is 13.3. The Morgan fingerprint density at radius 1 is 1.06 bits per heavy atom. The minimum absolute atomic E-state index is 0.406. The summed E-state index contributed by atoms with van der Waals surface area (Å²) in [7, 11) is 0. The van der Waals surface area contributed by atoms with E-state index in [1.807, 2.05) is 0 Å². The van der Waals surface area contributed by atoms with Gasteiger partial charge >= 0.3 is 0 Å². The van der Waals surface area contributed by atoms with Crippen molar-refractivity contribution in [1.82, 2.24) is 0 Å². The molecule has 0 fully saturated rings. The third-order valence-corrected chi connectivity index (χ3v) is 2.95. The Morgan fingerprint density at radius 2 is 1.65 bits per heavy atom. The Bertz CT molecular complexity index is 236. The zero-order valence-corrected chi connectivity index (χ0v) is 12.4. The number of hydrogen-bond acceptors (Lipinski definition) is 1. The van der Waals surface area contributed by atoms with E-state index < -0.39 is 0 Å². The Balaban J connectivity index is 3.71. The van der Waals surface area contributed by atoms with Crippen LogP contribution in [0.3, 0.4) is 0 Å². The predicted molar refractivity (Wildman–Crippen MR) is 76.1 cm³/mol. The molecule has 1 heteroatoms. The van der Waals surface area contributed by atoms with E-state index in [4.69, 9.17) is 0 Å². The first-order chi connectivity index (χ1) is 7.91. The monoisotopic (exact) mass is 238 g/mol. The molecular weight excluding hydrogens is 208 g/mol. The molecule has 0 N–H and O–H groups in total. The Hall–Kier alpha value is -0.590. The summed E-state index contributed by atoms with van der Waals surface area (Å²) in [6, 6.07) is 0. The SMILES string of the molecule is C/C(=C\CCC(C)C)CC(=O)CCCC(C)C. The quantitative estimate of drug-likeness (QED) is 0.507. The van der Waals surface area contributed by atoms with E-state index >= 15 is 0 Å². The van der Waals surface area contributed by atoms with Crippen LogP contribution < -0.4 is 0 Å². The van der Waals surface area contributed by atoms with Crippen LogP contribution in [0.5, 0.6) is 0 Å². The summed E-state index contributed by atoms with van der Waals surface area (Å²) < 4.78 is 0. The smallest absolute Gasteiger partial charge is 0.136 e. The molecule has 0 atom stereocenters. The van der Waals surface area contributed by atoms with Crippen LogP contribution in [0.25, 0.3) is 0 Å². The van der Waals surface area contributed by atoms with Gasteiger partial charge < -0.3 is 0 Å². The van der Waals surface area contributed by atoms with Gasteiger partial charge in [0.05, 0.1) is 0 Å². The highest BCUT2D eigenvalue weighted by Crippen LogP contribution is 2.12. The molecule has 0 aliphatic carbocycles. The summed E-state index contributed by atoms with van der Waals surface area (Å²) in [5.74, 6) is 1.87. The van der Waals surface area contributed by atoms with Crippen LogP contribution in [0.1, 0.15) is 73.1 Å². The average molecular weight is 238 g/mol. The lowest BCUT2D eigenvalue weighted by atomic mass is 10.0. The van der Waals surface area contributed by atoms with E-state index in [1.54, 1.807) is 0 Å². The lowest BCUT2D eigenvalue weighted by molar-refractivity contribution is -0.118. The summed E-state index contributed by atoms with van der Waals surface area (Å²) >= 11 is 0. The molecule has 0 aliphatic heterocycles. The van der Waals surface area contributed by atoms with Crippen molar-refractivity contribution in [2.45, 2.75) is 73.1 Å². The molecule has 0 aromatic carbocycles. The molecule has 17 heavy (non-hydrogen) atoms. The van der Waals surface area contributed by atoms with Gasteiger partial charge in [0.2, 0.25) is 0 Å². The molecule has 0 heterocycles. The average Bonchev–Trinajstić information content (AvgIpc) is 2.15. The van der Waals surface area contributed by atoms with Crippen LogP contribution in [-0.2, 0) is 4.79 Å². The number of carbonyl (C=O) groups excluding carboxylic acids is 1. The van der Waals surface area contributed by atoms with Crippen molar-refractivity contribution in [3.05, 3.63) is 11.6 Å². The van der Waals surface area contributed by atoms with Crippen LogP contribution in [0, 0.1) is 11.8 Å². The molecule has 0 saturated carbocycles. The lowest BCUT2D eigenvalue weighted by Gasteiger charge is -2.05. The normalized spacial score (nSPS) is 12.5. The van der Waals surface area contributed by atoms with Gasteiger partial charge in [0, 0.05) is 12.8 Å². The van der Waals surface area contributed by atoms with Crippen molar-refractivity contribution in [2.75, 3.05) is 0 Å². The number of hydrogen-bond donors (Lipinski definition) is 0. The first-order valence-electron chi connectivity index (χ1n) is 7.09. The number of allylic oxidation sites excluding steroid dienone is 2. The van der Waals surface area contributed by atoms with E-state index in [2.05, 4.69) is 40.7 Å². The highest BCUT2D eigenvalue weighted by atomic mass is 16.1. The van der Waals surface area contributed by atoms with Crippen molar-refractivity contribution >= 4 is 5.78 Å². The summed E-state index contributed by atoms with van der Waals surface area (Å²) in [5.41, 5.74) is 1.25. The van der Waals surface area contributed by atoms with E-state index in [-0.39, 0.29) is 0 Å². The van der Waals surface area contributed by atoms with Crippen LogP contribution >= 0.6 is 0 Å². The van der Waals surface area contributed by atoms with E-state index in [0.29, 0.717) is 18.1 Å². The number of rotatable bonds is 9. The molecule has 1 nitrogen and oxygen atoms in total. The van der Waals surface area contributed by atoms with Gasteiger partial charge in [-0.3, -0.25) is 4.79 Å². The third-order valence-electron chi connectivity index (χ3n) is 2.95. The summed E-state index contributed by atoms with van der Waals surface area (Å²) in [4.78, 5) is 11.7. The standard InChI is InChI=1S/C16H30O/c1-13(2)8-6-10-15(5)12-16(17)11-7-9-14(3)4/h10,13-14H,6-9,11-12H2,1-5H3/b15-10+. The van der Waals surface area contributed by atoms with Gasteiger partial charge in [-0.2, -0.15) is 0 Å². The Morgan fingerprint density at radius 3 is 2.18 bits per heavy atom. The van der Waals surface area contributed by atoms with Gasteiger partial charge in [-0.05, 0) is 38.0 Å². The number of carbonyl (C=O) groups is 1. The minimum atomic E-state index is 0.406. The highest BCUT2D eigenvalue weighted by molar-refractivity contribution is 5.80. The second-order valence-electron chi connectivity index (χ2n) is 6.02. The first-order valence-corrected chi connectivity index (χ1v) is 7.09. The first kappa shape index (κ1) is 16.4. The van der Waals surface area contributed by atoms with Gasteiger partial charge in [-0.15, -0.1) is 0 Å². The molecule has 100 valence electrons. The van der Waals surface area contributed by atoms with Crippen LogP contribution in [0.4, 0.5) is 0 Å². The Kier molecular flexibility index (Phi) is 9.11. The molecule has 0 unspecified atom stereocenters. The number of ketones is 1. The predicted octanol–water partition coefficient (Wildman–Crippen LogP) is 5.15. The second kappa shape index (κ2) is 9.44. The molecule has 0 aliphatic rings. The van der Waals surface area contributed by atoms with Crippen LogP contribution in [0.15, 0.2) is 11.6 Å². The molecule has 0 aromatic rings. The number of Topliss-reactive ketones (excluding diaryl/α,β-unsaturated/α-hetero) is 1. The van der Waals surface area contributed by atoms with Crippen molar-refractivity contribution in [3.63, 3.8) is 0 Å². The molecule has 0 amide bonds. The third kappa shape index (κ3) is 11.7. The van der Waals surface area contributed by atoms with Crippen LogP contribution in [-0.4, -0.2) is 5.78 Å². The Labute approximate surface area is 108 Å². The molecule has 0 saturated heterocycles. The maximum Gasteiger partial charge on any atom is 0.136 e. The maximum atomic E-state index is 11.7. The highest BCUT2D eigenvalue weighted by Gasteiger charge is 2.04. The van der Waals surface area contributed by atoms with Crippen molar-refractivity contribution in [2.24, 2.45) is 11.8 Å². The van der Waals surface area contributed by atoms with Gasteiger partial charge in [0.15, 0.2) is 0 Å². The fourth-order valence-corrected chi connectivity index (χ4v) is 1.84. The van der Waals surface area contributed by atoms with E-state index in [9.17, 15) is 4.79 Å². The topological polar surface area (TPSA) is 17.1 Å². The van der Waals surface area contributed by atoms with Crippen molar-refractivity contribution in [1.29, 1.82) is 0 Å². The van der Waals surface area contributed by atoms with Gasteiger partial charge in [-0.25, -0.2) is 0 Å². The zero-order valence-electron chi connectivity index (χ0n) is 12.4. The largest absolute Gasteiger partial charge is 0.299 e. The molecular formula is C16H30O. The minimum Gasteiger partial charge on any atom is -0.299 e. The molecule has 0 bridgehead atoms. The van der Waals surface area contributed by atoms with Gasteiger partial charge in [-0.1, -0.05) is 45.8 Å². The van der Waals surface area contributed by atoms with E-state index in [1.165, 1.54) is 18.4 Å². The van der Waals surface area contributed by atoms with Gasteiger partial charge in [0.1, 0.15) is 5.78 Å².